The number of fused-ring (bicyclic) bond motifs is 43. The Kier molecular flexibility index (Phi) is 18.2. The zero-order valence-electron chi connectivity index (χ0n) is 78.2. The van der Waals surface area contributed by atoms with Crippen LogP contribution in [0.25, 0.3) is 268 Å². The molecule has 8 nitrogen and oxygen atoms in total. The molecule has 0 radical (unpaired) electrons. The van der Waals surface area contributed by atoms with Crippen LogP contribution in [0, 0.1) is 11.6 Å². The fourth-order valence-electron chi connectivity index (χ4n) is 24.5. The Morgan fingerprint density at radius 2 is 0.683 bits per heavy atom. The van der Waals surface area contributed by atoms with Crippen molar-refractivity contribution in [3.63, 3.8) is 0 Å². The Morgan fingerprint density at radius 1 is 0.241 bits per heavy atom. The van der Waals surface area contributed by atoms with Crippen molar-refractivity contribution in [2.45, 2.75) is 6.42 Å². The summed E-state index contributed by atoms with van der Waals surface area (Å²) in [5.41, 5.74) is 26.0. The van der Waals surface area contributed by atoms with E-state index in [1.165, 1.54) is 136 Å². The number of benzene rings is 25. The molecule has 6 heterocycles. The molecule has 31 aromatic rings. The maximum absolute atomic E-state index is 15.8. The van der Waals surface area contributed by atoms with Crippen LogP contribution in [0.15, 0.2) is 473 Å². The lowest BCUT2D eigenvalue weighted by Gasteiger charge is -2.26. The van der Waals surface area contributed by atoms with E-state index in [0.29, 0.717) is 17.6 Å². The second-order valence-corrected chi connectivity index (χ2v) is 38.3. The maximum atomic E-state index is 15.8. The zero-order chi connectivity index (χ0) is 95.3. The highest BCUT2D eigenvalue weighted by Gasteiger charge is 2.33. The quantitative estimate of drug-likeness (QED) is 0.149. The molecule has 0 aliphatic heterocycles. The first kappa shape index (κ1) is 81.8. The molecular formula is C135H82F2N8. The first-order valence-electron chi connectivity index (χ1n) is 49.5. The van der Waals surface area contributed by atoms with Gasteiger partial charge in [-0.1, -0.05) is 358 Å². The van der Waals surface area contributed by atoms with Crippen LogP contribution in [0.3, 0.4) is 0 Å². The number of aromatic nitrogens is 7. The molecule has 32 rings (SSSR count). The van der Waals surface area contributed by atoms with E-state index in [9.17, 15) is 4.39 Å². The Balaban J connectivity index is 0.000000104. The van der Waals surface area contributed by atoms with Crippen LogP contribution in [-0.2, 0) is 6.42 Å². The Morgan fingerprint density at radius 3 is 1.30 bits per heavy atom. The summed E-state index contributed by atoms with van der Waals surface area (Å²) in [6.45, 7) is 0. The highest BCUT2D eigenvalue weighted by molar-refractivity contribution is 6.41. The first-order chi connectivity index (χ1) is 71.8. The van der Waals surface area contributed by atoms with Gasteiger partial charge in [-0.15, -0.1) is 0 Å². The third-order valence-electron chi connectivity index (χ3n) is 30.6. The topological polar surface area (TPSA) is 75.4 Å². The van der Waals surface area contributed by atoms with Crippen LogP contribution in [-0.4, -0.2) is 33.6 Å². The van der Waals surface area contributed by atoms with Crippen LogP contribution in [0.2, 0.25) is 0 Å². The molecule has 145 heavy (non-hydrogen) atoms. The highest BCUT2D eigenvalue weighted by atomic mass is 19.1. The number of halogens is 2. The Labute approximate surface area is 828 Å². The summed E-state index contributed by atoms with van der Waals surface area (Å²) in [6, 6.07) is 167. The number of rotatable bonds is 8. The Hall–Kier alpha value is -19.2. The van der Waals surface area contributed by atoms with Gasteiger partial charge in [0.1, 0.15) is 11.6 Å². The minimum atomic E-state index is -0.258. The molecule has 1 aliphatic carbocycles. The van der Waals surface area contributed by atoms with Gasteiger partial charge in [0.2, 0.25) is 0 Å². The van der Waals surface area contributed by atoms with E-state index < -0.39 is 0 Å². The summed E-state index contributed by atoms with van der Waals surface area (Å²) in [5.74, 6) is 0.204. The molecule has 0 amide bonds. The van der Waals surface area contributed by atoms with Gasteiger partial charge in [0.25, 0.3) is 0 Å². The first-order valence-corrected chi connectivity index (χ1v) is 49.5. The van der Waals surface area contributed by atoms with Crippen LogP contribution in [0.5, 0.6) is 0 Å². The summed E-state index contributed by atoms with van der Waals surface area (Å²) < 4.78 is 37.6. The summed E-state index contributed by atoms with van der Waals surface area (Å²) >= 11 is 0. The van der Waals surface area contributed by atoms with Gasteiger partial charge in [-0.25, -0.2) is 18.7 Å². The minimum Gasteiger partial charge on any atom is -0.354 e. The number of nitrogens with one attached hydrogen (secondary N) is 2. The van der Waals surface area contributed by atoms with Crippen molar-refractivity contribution >= 4 is 234 Å². The normalized spacial score (nSPS) is 12.2. The SMILES string of the molecule is Fc1ccc2c(c1)-c1c(c3cccc(F)c3c3c1c1ccc4ccccc4c1n3-c1ccccc1)C2.c1ccc(-c2nc(-c3ccc4[nH]c5c6ccccc6c6c(c7ccc8ccccc8c7n6-c6ccccc6)c5c4c3)nc3c4ccccc4c4ccccc4c23)cc1.c1ccc(N(c2ccc3ccccc3c2)c2ccc3c(ccc4c5c6c7ccccc7[nH]c6c6ccccc6c5n(-c5ccccc5)c34)c2)cc1. The van der Waals surface area contributed by atoms with Crippen molar-refractivity contribution in [1.82, 2.24) is 33.6 Å². The number of H-pyrrole nitrogens is 2. The van der Waals surface area contributed by atoms with E-state index >= 15 is 4.39 Å². The van der Waals surface area contributed by atoms with Gasteiger partial charge < -0.3 is 28.6 Å². The molecule has 0 unspecified atom stereocenters. The minimum absolute atomic E-state index is 0.244. The molecule has 25 aromatic carbocycles. The molecule has 1 aliphatic rings. The summed E-state index contributed by atoms with van der Waals surface area (Å²) in [6.07, 6.45) is 0.659. The third kappa shape index (κ3) is 12.4. The van der Waals surface area contributed by atoms with Crippen molar-refractivity contribution in [2.24, 2.45) is 0 Å². The van der Waals surface area contributed by atoms with E-state index in [2.05, 4.69) is 435 Å². The number of aromatic amines is 2. The second kappa shape index (κ2) is 32.2. The summed E-state index contributed by atoms with van der Waals surface area (Å²) in [7, 11) is 0. The van der Waals surface area contributed by atoms with E-state index in [-0.39, 0.29) is 11.6 Å². The van der Waals surface area contributed by atoms with Gasteiger partial charge in [0.05, 0.1) is 55.3 Å². The van der Waals surface area contributed by atoms with Crippen molar-refractivity contribution in [2.75, 3.05) is 4.90 Å². The summed E-state index contributed by atoms with van der Waals surface area (Å²) in [5, 5.41) is 33.6. The molecule has 0 saturated heterocycles. The molecule has 0 atom stereocenters. The number of hydrogen-bond donors (Lipinski definition) is 2. The lowest BCUT2D eigenvalue weighted by Crippen LogP contribution is -2.09. The Bertz CT molecular complexity index is 10900. The molecule has 2 N–H and O–H groups in total. The number of para-hydroxylation sites is 5. The number of anilines is 3. The molecule has 0 fully saturated rings. The molecule has 0 spiro atoms. The fraction of sp³-hybridized carbons (Fsp3) is 0.00741. The van der Waals surface area contributed by atoms with Gasteiger partial charge in [-0.2, -0.15) is 0 Å². The highest BCUT2D eigenvalue weighted by Crippen LogP contribution is 2.55. The van der Waals surface area contributed by atoms with Crippen LogP contribution in [0.4, 0.5) is 25.8 Å². The standard InChI is InChI=1S/C54H32N4.C48H31N3.C33H19F2N/c1-3-16-33(17-4-1)49-48-39-23-11-9-21-37(39)38-22-10-12-24-40(38)51(48)57-54(56-49)34-28-30-45-44(31-34)46-47-43-29-27-32-15-7-8-20-36(32)52(43)58(35-18-5-2-6-19-35)53(47)42-26-14-13-25-41(42)50(46)55-45;1-3-15-34(16-4-1)50(36-25-23-31-13-7-8-14-32(31)29-36)37-26-28-38-33(30-37)24-27-42-45-44-41-21-11-12-22-43(41)49-46(44)39-19-9-10-20-40(39)48(45)51(47(38)42)35-17-5-2-6-18-35;34-21-15-13-20-17-27-24-11-6-12-28(35)30(24)33-31(29(27)26(20)18-21)25-16-14-19-7-4-5-10-23(19)32(25)36(33)22-8-2-1-3-9-22/h1-31,55H;1-30,49H;1-16,18H,17H2. The van der Waals surface area contributed by atoms with E-state index in [0.717, 1.165) is 155 Å². The van der Waals surface area contributed by atoms with Gasteiger partial charge in [-0.05, 0) is 192 Å². The van der Waals surface area contributed by atoms with Crippen LogP contribution in [0.1, 0.15) is 11.1 Å². The average Bonchev–Trinajstić information content (AvgIpc) is 1.53. The predicted molar refractivity (Wildman–Crippen MR) is 605 cm³/mol. The maximum Gasteiger partial charge on any atom is 0.160 e. The lowest BCUT2D eigenvalue weighted by molar-refractivity contribution is 0.628. The van der Waals surface area contributed by atoms with Gasteiger partial charge in [0.15, 0.2) is 5.82 Å². The van der Waals surface area contributed by atoms with Crippen LogP contribution < -0.4 is 4.90 Å². The van der Waals surface area contributed by atoms with Crippen molar-refractivity contribution in [3.05, 3.63) is 496 Å². The molecular weight excluding hydrogens is 1770 g/mol. The fourth-order valence-corrected chi connectivity index (χ4v) is 24.5. The van der Waals surface area contributed by atoms with Gasteiger partial charge in [0, 0.05) is 164 Å². The van der Waals surface area contributed by atoms with Gasteiger partial charge in [-0.3, -0.25) is 0 Å². The largest absolute Gasteiger partial charge is 0.354 e. The molecule has 676 valence electrons. The monoisotopic (exact) mass is 1850 g/mol. The van der Waals surface area contributed by atoms with E-state index in [4.69, 9.17) is 9.97 Å². The molecule has 10 heteroatoms. The predicted octanol–water partition coefficient (Wildman–Crippen LogP) is 36.6. The second-order valence-electron chi connectivity index (χ2n) is 38.3. The van der Waals surface area contributed by atoms with E-state index in [1.54, 1.807) is 18.2 Å². The lowest BCUT2D eigenvalue weighted by atomic mass is 9.93. The molecule has 6 aromatic heterocycles. The van der Waals surface area contributed by atoms with Crippen LogP contribution >= 0.6 is 0 Å². The smallest absolute Gasteiger partial charge is 0.160 e. The van der Waals surface area contributed by atoms with Crippen molar-refractivity contribution < 1.29 is 8.78 Å². The molecule has 0 bridgehead atoms. The van der Waals surface area contributed by atoms with E-state index in [1.807, 2.05) is 42.5 Å². The number of hydrogen-bond acceptors (Lipinski definition) is 3. The third-order valence-corrected chi connectivity index (χ3v) is 30.6. The average molecular weight is 1850 g/mol. The summed E-state index contributed by atoms with van der Waals surface area (Å²) in [4.78, 5) is 21.1. The van der Waals surface area contributed by atoms with Gasteiger partial charge >= 0.3 is 0 Å². The zero-order valence-corrected chi connectivity index (χ0v) is 78.2. The molecule has 0 saturated carbocycles. The van der Waals surface area contributed by atoms with Crippen molar-refractivity contribution in [1.29, 1.82) is 0 Å². The van der Waals surface area contributed by atoms with Crippen molar-refractivity contribution in [3.8, 4) is 50.8 Å². The number of nitrogens with zero attached hydrogens (tertiary/aromatic N) is 6.